The molecule has 1 aromatic carbocycles. The third kappa shape index (κ3) is 6.97. The van der Waals surface area contributed by atoms with Crippen molar-refractivity contribution in [1.29, 1.82) is 0 Å². The van der Waals surface area contributed by atoms with Gasteiger partial charge < -0.3 is 20.1 Å². The molecule has 0 bridgehead atoms. The summed E-state index contributed by atoms with van der Waals surface area (Å²) in [5.41, 5.74) is 0.385. The Bertz CT molecular complexity index is 483. The Morgan fingerprint density at radius 3 is 2.32 bits per heavy atom. The van der Waals surface area contributed by atoms with Crippen LogP contribution in [0.2, 0.25) is 0 Å². The van der Waals surface area contributed by atoms with E-state index < -0.39 is 17.8 Å². The molecule has 1 aromatic rings. The zero-order valence-corrected chi connectivity index (χ0v) is 13.5. The molecule has 0 spiro atoms. The lowest BCUT2D eigenvalue weighted by atomic mass is 10.0. The van der Waals surface area contributed by atoms with E-state index in [9.17, 15) is 9.59 Å². The largest absolute Gasteiger partial charge is 0.453 e. The number of hydrogen-bond acceptors (Lipinski definition) is 4. The van der Waals surface area contributed by atoms with Crippen LogP contribution in [0.25, 0.3) is 0 Å². The Morgan fingerprint density at radius 1 is 1.14 bits per heavy atom. The summed E-state index contributed by atoms with van der Waals surface area (Å²) in [5.74, 6) is 0. The first-order valence-electron chi connectivity index (χ1n) is 7.18. The number of nitrogens with one attached hydrogen (secondary N) is 2. The van der Waals surface area contributed by atoms with Crippen molar-refractivity contribution in [3.63, 3.8) is 0 Å². The van der Waals surface area contributed by atoms with E-state index in [1.807, 2.05) is 51.1 Å². The number of amides is 2. The molecule has 0 radical (unpaired) electrons. The van der Waals surface area contributed by atoms with Gasteiger partial charge in [-0.3, -0.25) is 0 Å². The summed E-state index contributed by atoms with van der Waals surface area (Å²) < 4.78 is 9.80. The highest BCUT2D eigenvalue weighted by Crippen LogP contribution is 2.17. The fourth-order valence-electron chi connectivity index (χ4n) is 1.85. The molecule has 1 atom stereocenters. The Balaban J connectivity index is 2.66. The number of hydrogen-bond donors (Lipinski definition) is 2. The van der Waals surface area contributed by atoms with E-state index in [0.29, 0.717) is 13.0 Å². The molecular weight excluding hydrogens is 284 g/mol. The van der Waals surface area contributed by atoms with Gasteiger partial charge in [0.1, 0.15) is 5.60 Å². The second kappa shape index (κ2) is 8.26. The van der Waals surface area contributed by atoms with Gasteiger partial charge in [-0.05, 0) is 32.8 Å². The van der Waals surface area contributed by atoms with Gasteiger partial charge in [0.05, 0.1) is 13.2 Å². The second-order valence-corrected chi connectivity index (χ2v) is 5.82. The van der Waals surface area contributed by atoms with Crippen molar-refractivity contribution in [2.75, 3.05) is 13.7 Å². The summed E-state index contributed by atoms with van der Waals surface area (Å²) in [6, 6.07) is 9.27. The van der Waals surface area contributed by atoms with Crippen LogP contribution in [0.1, 0.15) is 38.8 Å². The maximum atomic E-state index is 12.0. The van der Waals surface area contributed by atoms with Crippen molar-refractivity contribution < 1.29 is 19.1 Å². The molecule has 1 rings (SSSR count). The van der Waals surface area contributed by atoms with Crippen LogP contribution < -0.4 is 10.6 Å². The Kier molecular flexibility index (Phi) is 6.69. The van der Waals surface area contributed by atoms with Gasteiger partial charge in [-0.25, -0.2) is 9.59 Å². The van der Waals surface area contributed by atoms with Gasteiger partial charge in [0.25, 0.3) is 0 Å². The first-order chi connectivity index (χ1) is 10.3. The van der Waals surface area contributed by atoms with Crippen molar-refractivity contribution in [2.24, 2.45) is 0 Å². The number of carbonyl (C=O) groups excluding carboxylic acids is 2. The Labute approximate surface area is 131 Å². The lowest BCUT2D eigenvalue weighted by Gasteiger charge is -2.24. The van der Waals surface area contributed by atoms with E-state index in [1.54, 1.807) is 0 Å². The molecule has 122 valence electrons. The maximum Gasteiger partial charge on any atom is 0.408 e. The molecular formula is C16H24N2O4. The third-order valence-corrected chi connectivity index (χ3v) is 2.78. The fraction of sp³-hybridized carbons (Fsp3) is 0.500. The lowest BCUT2D eigenvalue weighted by molar-refractivity contribution is 0.0501. The van der Waals surface area contributed by atoms with Crippen molar-refractivity contribution in [3.05, 3.63) is 35.9 Å². The smallest absolute Gasteiger partial charge is 0.408 e. The molecule has 2 N–H and O–H groups in total. The monoisotopic (exact) mass is 308 g/mol. The minimum atomic E-state index is -0.560. The topological polar surface area (TPSA) is 76.7 Å². The van der Waals surface area contributed by atoms with Crippen molar-refractivity contribution in [3.8, 4) is 0 Å². The van der Waals surface area contributed by atoms with E-state index in [-0.39, 0.29) is 6.04 Å². The predicted molar refractivity (Wildman–Crippen MR) is 83.6 cm³/mol. The predicted octanol–water partition coefficient (Wildman–Crippen LogP) is 3.00. The molecule has 0 unspecified atom stereocenters. The van der Waals surface area contributed by atoms with Gasteiger partial charge in [-0.1, -0.05) is 30.3 Å². The fourth-order valence-corrected chi connectivity index (χ4v) is 1.85. The minimum Gasteiger partial charge on any atom is -0.453 e. The molecule has 0 saturated heterocycles. The van der Waals surface area contributed by atoms with Crippen LogP contribution >= 0.6 is 0 Å². The van der Waals surface area contributed by atoms with Gasteiger partial charge in [-0.2, -0.15) is 0 Å². The van der Waals surface area contributed by atoms with Crippen LogP contribution in [0.5, 0.6) is 0 Å². The summed E-state index contributed by atoms with van der Waals surface area (Å²) >= 11 is 0. The number of alkyl carbamates (subject to hydrolysis) is 2. The molecule has 22 heavy (non-hydrogen) atoms. The van der Waals surface area contributed by atoms with E-state index in [2.05, 4.69) is 15.4 Å². The molecule has 6 nitrogen and oxygen atoms in total. The standard InChI is InChI=1S/C16H24N2O4/c1-16(2,3)22-15(20)18-13(10-11-17-14(19)21-4)12-8-6-5-7-9-12/h5-9,13H,10-11H2,1-4H3,(H,17,19)(H,18,20)/t13-/m0/s1. The van der Waals surface area contributed by atoms with Crippen molar-refractivity contribution in [2.45, 2.75) is 38.8 Å². The minimum absolute atomic E-state index is 0.256. The van der Waals surface area contributed by atoms with Crippen LogP contribution in [-0.4, -0.2) is 31.4 Å². The van der Waals surface area contributed by atoms with Gasteiger partial charge in [0.2, 0.25) is 0 Å². The third-order valence-electron chi connectivity index (χ3n) is 2.78. The molecule has 0 aliphatic heterocycles. The molecule has 0 aliphatic carbocycles. The Hall–Kier alpha value is -2.24. The normalized spacial score (nSPS) is 12.2. The number of ether oxygens (including phenoxy) is 2. The highest BCUT2D eigenvalue weighted by molar-refractivity contribution is 5.68. The molecule has 0 aromatic heterocycles. The molecule has 0 fully saturated rings. The van der Waals surface area contributed by atoms with Crippen LogP contribution in [0.4, 0.5) is 9.59 Å². The molecule has 6 heteroatoms. The number of benzene rings is 1. The zero-order chi connectivity index (χ0) is 16.6. The number of carbonyl (C=O) groups is 2. The van der Waals surface area contributed by atoms with Crippen LogP contribution in [-0.2, 0) is 9.47 Å². The maximum absolute atomic E-state index is 12.0. The Morgan fingerprint density at radius 2 is 1.77 bits per heavy atom. The van der Waals surface area contributed by atoms with Gasteiger partial charge in [0, 0.05) is 6.54 Å². The molecule has 0 aliphatic rings. The van der Waals surface area contributed by atoms with E-state index in [0.717, 1.165) is 5.56 Å². The SMILES string of the molecule is COC(=O)NCC[C@H](NC(=O)OC(C)(C)C)c1ccccc1. The van der Waals surface area contributed by atoms with Crippen LogP contribution in [0.3, 0.4) is 0 Å². The van der Waals surface area contributed by atoms with Crippen molar-refractivity contribution >= 4 is 12.2 Å². The number of rotatable bonds is 5. The van der Waals surface area contributed by atoms with E-state index in [1.165, 1.54) is 7.11 Å². The van der Waals surface area contributed by atoms with Gasteiger partial charge in [-0.15, -0.1) is 0 Å². The molecule has 0 heterocycles. The van der Waals surface area contributed by atoms with Gasteiger partial charge in [0.15, 0.2) is 0 Å². The summed E-state index contributed by atoms with van der Waals surface area (Å²) in [6.07, 6.45) is -0.457. The highest BCUT2D eigenvalue weighted by atomic mass is 16.6. The molecule has 2 amide bonds. The quantitative estimate of drug-likeness (QED) is 0.876. The van der Waals surface area contributed by atoms with Crippen molar-refractivity contribution in [1.82, 2.24) is 10.6 Å². The van der Waals surface area contributed by atoms with E-state index in [4.69, 9.17) is 4.74 Å². The summed E-state index contributed by atoms with van der Waals surface area (Å²) in [4.78, 5) is 23.0. The lowest BCUT2D eigenvalue weighted by Crippen LogP contribution is -2.36. The second-order valence-electron chi connectivity index (χ2n) is 5.82. The van der Waals surface area contributed by atoms with Gasteiger partial charge >= 0.3 is 12.2 Å². The zero-order valence-electron chi connectivity index (χ0n) is 13.5. The van der Waals surface area contributed by atoms with E-state index >= 15 is 0 Å². The number of methoxy groups -OCH3 is 1. The van der Waals surface area contributed by atoms with Crippen LogP contribution in [0.15, 0.2) is 30.3 Å². The summed E-state index contributed by atoms with van der Waals surface area (Å²) in [7, 11) is 1.31. The first kappa shape index (κ1) is 17.8. The average Bonchev–Trinajstić information content (AvgIpc) is 2.45. The average molecular weight is 308 g/mol. The molecule has 0 saturated carbocycles. The summed E-state index contributed by atoms with van der Waals surface area (Å²) in [6.45, 7) is 5.80. The highest BCUT2D eigenvalue weighted by Gasteiger charge is 2.20. The first-order valence-corrected chi connectivity index (χ1v) is 7.18. The van der Waals surface area contributed by atoms with Crippen LogP contribution in [0, 0.1) is 0 Å². The summed E-state index contributed by atoms with van der Waals surface area (Å²) in [5, 5.41) is 5.43.